The summed E-state index contributed by atoms with van der Waals surface area (Å²) in [6, 6.07) is 6.72. The molecule has 0 radical (unpaired) electrons. The highest BCUT2D eigenvalue weighted by Gasteiger charge is 2.20. The second-order valence-electron chi connectivity index (χ2n) is 5.84. The zero-order valence-electron chi connectivity index (χ0n) is 10.7. The maximum absolute atomic E-state index is 4.62. The molecule has 0 bridgehead atoms. The van der Waals surface area contributed by atoms with E-state index in [-0.39, 0.29) is 10.2 Å². The van der Waals surface area contributed by atoms with Crippen molar-refractivity contribution >= 4 is 12.6 Å². The molecule has 0 aliphatic carbocycles. The van der Waals surface area contributed by atoms with Gasteiger partial charge in [-0.15, -0.1) is 0 Å². The van der Waals surface area contributed by atoms with E-state index < -0.39 is 0 Å². The Balaban J connectivity index is 3.21. The Morgan fingerprint density at radius 1 is 1.00 bits per heavy atom. The van der Waals surface area contributed by atoms with Crippen LogP contribution in [0.2, 0.25) is 0 Å². The maximum Gasteiger partial charge on any atom is 0.0324 e. The monoisotopic (exact) mass is 222 g/mol. The van der Waals surface area contributed by atoms with Gasteiger partial charge in [-0.3, -0.25) is 0 Å². The molecule has 0 atom stereocenters. The topological polar surface area (TPSA) is 0 Å². The SMILES string of the molecule is Cc1cc(C(C)(C)C)ccc1C(C)(C)S. The van der Waals surface area contributed by atoms with Crippen molar-refractivity contribution in [2.45, 2.75) is 51.7 Å². The van der Waals surface area contributed by atoms with Crippen LogP contribution in [0.15, 0.2) is 18.2 Å². The first-order chi connectivity index (χ1) is 6.62. The molecule has 1 heteroatoms. The first-order valence-corrected chi connectivity index (χ1v) is 5.91. The summed E-state index contributed by atoms with van der Waals surface area (Å²) in [7, 11) is 0. The average molecular weight is 222 g/mol. The summed E-state index contributed by atoms with van der Waals surface area (Å²) in [5.74, 6) is 0. The van der Waals surface area contributed by atoms with E-state index in [1.165, 1.54) is 16.7 Å². The van der Waals surface area contributed by atoms with E-state index in [0.717, 1.165) is 0 Å². The van der Waals surface area contributed by atoms with Crippen molar-refractivity contribution in [3.05, 3.63) is 34.9 Å². The van der Waals surface area contributed by atoms with Crippen molar-refractivity contribution in [1.82, 2.24) is 0 Å². The maximum atomic E-state index is 4.62. The molecule has 0 aromatic heterocycles. The molecular weight excluding hydrogens is 200 g/mol. The molecule has 0 nitrogen and oxygen atoms in total. The van der Waals surface area contributed by atoms with Crippen LogP contribution in [-0.4, -0.2) is 0 Å². The molecule has 1 aromatic carbocycles. The molecular formula is C14H22S. The molecule has 1 aromatic rings. The van der Waals surface area contributed by atoms with Gasteiger partial charge in [0.2, 0.25) is 0 Å². The molecule has 0 aliphatic rings. The van der Waals surface area contributed by atoms with Crippen LogP contribution in [0.1, 0.15) is 51.3 Å². The molecule has 0 aliphatic heterocycles. The smallest absolute Gasteiger partial charge is 0.0324 e. The molecule has 0 fully saturated rings. The number of benzene rings is 1. The molecule has 0 amide bonds. The van der Waals surface area contributed by atoms with E-state index in [4.69, 9.17) is 0 Å². The summed E-state index contributed by atoms with van der Waals surface area (Å²) in [6.45, 7) is 13.2. The van der Waals surface area contributed by atoms with Gasteiger partial charge in [-0.25, -0.2) is 0 Å². The Labute approximate surface area is 99.5 Å². The lowest BCUT2D eigenvalue weighted by molar-refractivity contribution is 0.588. The third-order valence-electron chi connectivity index (χ3n) is 2.75. The molecule has 0 saturated heterocycles. The van der Waals surface area contributed by atoms with Crippen LogP contribution in [-0.2, 0) is 10.2 Å². The summed E-state index contributed by atoms with van der Waals surface area (Å²) >= 11 is 4.62. The minimum Gasteiger partial charge on any atom is -0.168 e. The van der Waals surface area contributed by atoms with E-state index in [9.17, 15) is 0 Å². The fourth-order valence-electron chi connectivity index (χ4n) is 1.82. The Morgan fingerprint density at radius 2 is 1.53 bits per heavy atom. The van der Waals surface area contributed by atoms with Crippen LogP contribution in [0.3, 0.4) is 0 Å². The summed E-state index contributed by atoms with van der Waals surface area (Å²) in [4.78, 5) is 0. The van der Waals surface area contributed by atoms with Crippen molar-refractivity contribution < 1.29 is 0 Å². The first kappa shape index (κ1) is 12.6. The first-order valence-electron chi connectivity index (χ1n) is 5.46. The molecule has 1 rings (SSSR count). The van der Waals surface area contributed by atoms with E-state index >= 15 is 0 Å². The largest absolute Gasteiger partial charge is 0.168 e. The van der Waals surface area contributed by atoms with Crippen molar-refractivity contribution in [3.63, 3.8) is 0 Å². The van der Waals surface area contributed by atoms with E-state index in [1.54, 1.807) is 0 Å². The normalized spacial score (nSPS) is 13.0. The number of hydrogen-bond acceptors (Lipinski definition) is 1. The van der Waals surface area contributed by atoms with Crippen LogP contribution in [0.25, 0.3) is 0 Å². The number of aryl methyl sites for hydroxylation is 1. The van der Waals surface area contributed by atoms with Crippen LogP contribution < -0.4 is 0 Å². The molecule has 0 unspecified atom stereocenters. The fourth-order valence-corrected chi connectivity index (χ4v) is 2.07. The Bertz CT molecular complexity index is 351. The third-order valence-corrected chi connectivity index (χ3v) is 2.99. The summed E-state index contributed by atoms with van der Waals surface area (Å²) in [5.41, 5.74) is 4.27. The van der Waals surface area contributed by atoms with Gasteiger partial charge in [0, 0.05) is 4.75 Å². The van der Waals surface area contributed by atoms with Crippen LogP contribution in [0.5, 0.6) is 0 Å². The van der Waals surface area contributed by atoms with E-state index in [1.807, 2.05) is 0 Å². The van der Waals surface area contributed by atoms with Gasteiger partial charge in [-0.2, -0.15) is 12.6 Å². The zero-order valence-corrected chi connectivity index (χ0v) is 11.6. The number of hydrogen-bond donors (Lipinski definition) is 1. The summed E-state index contributed by atoms with van der Waals surface area (Å²) in [6.07, 6.45) is 0. The predicted octanol–water partition coefficient (Wildman–Crippen LogP) is 4.46. The summed E-state index contributed by atoms with van der Waals surface area (Å²) < 4.78 is -0.0551. The average Bonchev–Trinajstić information content (AvgIpc) is 1.99. The second-order valence-corrected chi connectivity index (χ2v) is 6.96. The van der Waals surface area contributed by atoms with Crippen molar-refractivity contribution in [2.24, 2.45) is 0 Å². The third kappa shape index (κ3) is 3.01. The molecule has 0 saturated carbocycles. The van der Waals surface area contributed by atoms with Gasteiger partial charge in [0.05, 0.1) is 0 Å². The Morgan fingerprint density at radius 3 is 1.87 bits per heavy atom. The minimum absolute atomic E-state index is 0.0551. The predicted molar refractivity (Wildman–Crippen MR) is 71.9 cm³/mol. The highest BCUT2D eigenvalue weighted by molar-refractivity contribution is 7.81. The molecule has 84 valence electrons. The fraction of sp³-hybridized carbons (Fsp3) is 0.571. The lowest BCUT2D eigenvalue weighted by Crippen LogP contribution is -2.14. The second kappa shape index (κ2) is 3.86. The van der Waals surface area contributed by atoms with Gasteiger partial charge in [-0.1, -0.05) is 39.0 Å². The van der Waals surface area contributed by atoms with Gasteiger partial charge in [0.1, 0.15) is 0 Å². The quantitative estimate of drug-likeness (QED) is 0.666. The lowest BCUT2D eigenvalue weighted by atomic mass is 9.84. The number of rotatable bonds is 1. The Hall–Kier alpha value is -0.430. The van der Waals surface area contributed by atoms with Crippen molar-refractivity contribution in [3.8, 4) is 0 Å². The lowest BCUT2D eigenvalue weighted by Gasteiger charge is -2.25. The van der Waals surface area contributed by atoms with E-state index in [2.05, 4.69) is 72.4 Å². The van der Waals surface area contributed by atoms with Crippen LogP contribution in [0.4, 0.5) is 0 Å². The van der Waals surface area contributed by atoms with Gasteiger partial charge >= 0.3 is 0 Å². The summed E-state index contributed by atoms with van der Waals surface area (Å²) in [5, 5.41) is 0. The molecule has 0 heterocycles. The van der Waals surface area contributed by atoms with Gasteiger partial charge in [0.15, 0.2) is 0 Å². The standard InChI is InChI=1S/C14H22S/c1-10-9-11(13(2,3)4)7-8-12(10)14(5,6)15/h7-9,15H,1-6H3. The van der Waals surface area contributed by atoms with Crippen molar-refractivity contribution in [1.29, 1.82) is 0 Å². The van der Waals surface area contributed by atoms with Crippen LogP contribution in [0, 0.1) is 6.92 Å². The number of thiol groups is 1. The Kier molecular flexibility index (Phi) is 3.25. The molecule has 0 N–H and O–H groups in total. The van der Waals surface area contributed by atoms with Crippen molar-refractivity contribution in [2.75, 3.05) is 0 Å². The molecule has 0 spiro atoms. The highest BCUT2D eigenvalue weighted by Crippen LogP contribution is 2.32. The van der Waals surface area contributed by atoms with E-state index in [0.29, 0.717) is 0 Å². The van der Waals surface area contributed by atoms with Gasteiger partial charge in [-0.05, 0) is 42.9 Å². The highest BCUT2D eigenvalue weighted by atomic mass is 32.1. The van der Waals surface area contributed by atoms with Gasteiger partial charge < -0.3 is 0 Å². The molecule has 15 heavy (non-hydrogen) atoms. The minimum atomic E-state index is -0.0551. The van der Waals surface area contributed by atoms with Gasteiger partial charge in [0.25, 0.3) is 0 Å². The zero-order chi connectivity index (χ0) is 11.9. The van der Waals surface area contributed by atoms with Crippen LogP contribution >= 0.6 is 12.6 Å².